The number of benzene rings is 2. The maximum atomic E-state index is 15.5. The zero-order valence-corrected chi connectivity index (χ0v) is 24.5. The Hall–Kier alpha value is -3.83. The Labute approximate surface area is 250 Å². The molecule has 44 heavy (non-hydrogen) atoms. The van der Waals surface area contributed by atoms with Gasteiger partial charge in [0, 0.05) is 0 Å². The molecule has 19 heteroatoms. The molecule has 3 N–H and O–H groups in total. The van der Waals surface area contributed by atoms with E-state index in [1.54, 1.807) is 0 Å². The maximum Gasteiger partial charge on any atom is 0.478 e. The molecule has 4 atom stereocenters. The third-order valence-electron chi connectivity index (χ3n) is 6.51. The number of nitrogens with two attached hydrogens (primary N) is 1. The lowest BCUT2D eigenvalue weighted by atomic mass is 9.96. The van der Waals surface area contributed by atoms with E-state index in [0.717, 1.165) is 12.7 Å². The van der Waals surface area contributed by atoms with Gasteiger partial charge in [0.05, 0.1) is 27.2 Å². The largest absolute Gasteiger partial charge is 0.497 e. The normalized spacial score (nSPS) is 22.5. The summed E-state index contributed by atoms with van der Waals surface area (Å²) in [4.78, 5) is 11.4. The molecule has 0 aliphatic carbocycles. The summed E-state index contributed by atoms with van der Waals surface area (Å²) in [6.07, 6.45) is -7.68. The van der Waals surface area contributed by atoms with Crippen LogP contribution in [-0.4, -0.2) is 69.5 Å². The van der Waals surface area contributed by atoms with E-state index in [9.17, 15) is 18.5 Å². The van der Waals surface area contributed by atoms with Gasteiger partial charge in [-0.05, 0) is 48.5 Å². The van der Waals surface area contributed by atoms with Crippen LogP contribution in [0.1, 0.15) is 6.23 Å². The van der Waals surface area contributed by atoms with Crippen molar-refractivity contribution in [3.05, 3.63) is 61.2 Å². The van der Waals surface area contributed by atoms with E-state index < -0.39 is 43.7 Å². The average Bonchev–Trinajstić information content (AvgIpc) is 3.53. The number of nitrogens with zero attached hydrogens (tertiary/aromatic N) is 4. The Morgan fingerprint density at radius 3 is 2.20 bits per heavy atom. The predicted octanol–water partition coefficient (Wildman–Crippen LogP) is 4.89. The highest BCUT2D eigenvalue weighted by Crippen LogP contribution is 2.62. The molecule has 5 rings (SSSR count). The molecular formula is C25H24F4N5O8PS. The minimum Gasteiger partial charge on any atom is -0.497 e. The second-order valence-corrected chi connectivity index (χ2v) is 12.6. The van der Waals surface area contributed by atoms with Gasteiger partial charge in [0.2, 0.25) is 6.23 Å². The highest BCUT2D eigenvalue weighted by Gasteiger charge is 2.71. The number of imidazole rings is 1. The number of nitrogen functional groups attached to an aromatic ring is 1. The molecule has 3 heterocycles. The highest BCUT2D eigenvalue weighted by molar-refractivity contribution is 8.52. The summed E-state index contributed by atoms with van der Waals surface area (Å²) < 4.78 is 106. The number of rotatable bonds is 12. The number of anilines is 1. The lowest BCUT2D eigenvalue weighted by Crippen LogP contribution is -2.54. The van der Waals surface area contributed by atoms with Crippen molar-refractivity contribution in [3.8, 4) is 23.0 Å². The van der Waals surface area contributed by atoms with E-state index in [2.05, 4.69) is 15.0 Å². The summed E-state index contributed by atoms with van der Waals surface area (Å²) >= 11 is 0.116. The fourth-order valence-corrected chi connectivity index (χ4v) is 6.49. The molecule has 1 aliphatic rings. The predicted molar refractivity (Wildman–Crippen MR) is 148 cm³/mol. The average molecular weight is 662 g/mol. The number of aromatic nitrogens is 4. The summed E-state index contributed by atoms with van der Waals surface area (Å²) in [5.41, 5.74) is 1.94. The monoisotopic (exact) mass is 661 g/mol. The van der Waals surface area contributed by atoms with Gasteiger partial charge in [-0.1, -0.05) is 0 Å². The van der Waals surface area contributed by atoms with Crippen LogP contribution in [0.5, 0.6) is 23.0 Å². The van der Waals surface area contributed by atoms with E-state index in [1.165, 1.54) is 62.8 Å². The van der Waals surface area contributed by atoms with Gasteiger partial charge in [0.15, 0.2) is 34.8 Å². The number of halogens is 4. The van der Waals surface area contributed by atoms with Gasteiger partial charge in [0.25, 0.3) is 6.43 Å². The minimum atomic E-state index is -4.68. The molecule has 0 bridgehead atoms. The van der Waals surface area contributed by atoms with Gasteiger partial charge in [-0.25, -0.2) is 28.3 Å². The summed E-state index contributed by atoms with van der Waals surface area (Å²) in [5, 5.41) is 10.6. The molecule has 1 fully saturated rings. The van der Waals surface area contributed by atoms with Crippen molar-refractivity contribution in [1.82, 2.24) is 19.5 Å². The van der Waals surface area contributed by atoms with Gasteiger partial charge in [-0.2, -0.15) is 8.78 Å². The molecule has 1 aliphatic heterocycles. The van der Waals surface area contributed by atoms with Crippen LogP contribution >= 0.6 is 18.5 Å². The molecule has 13 nitrogen and oxygen atoms in total. The fourth-order valence-electron chi connectivity index (χ4n) is 4.17. The summed E-state index contributed by atoms with van der Waals surface area (Å²) in [7, 11) is 2.86. The van der Waals surface area contributed by atoms with Crippen molar-refractivity contribution in [2.75, 3.05) is 26.6 Å². The molecule has 0 amide bonds. The van der Waals surface area contributed by atoms with Crippen LogP contribution in [-0.2, 0) is 13.8 Å². The molecule has 0 saturated carbocycles. The molecule has 4 aromatic rings. The van der Waals surface area contributed by atoms with E-state index >= 15 is 8.78 Å². The molecule has 2 aromatic heterocycles. The minimum absolute atomic E-state index is 0.0654. The van der Waals surface area contributed by atoms with E-state index in [1.807, 2.05) is 0 Å². The van der Waals surface area contributed by atoms with Crippen molar-refractivity contribution >= 4 is 35.4 Å². The summed E-state index contributed by atoms with van der Waals surface area (Å²) in [6, 6.07) is 11.5. The van der Waals surface area contributed by atoms with Crippen LogP contribution in [0.3, 0.4) is 0 Å². The van der Waals surface area contributed by atoms with Gasteiger partial charge >= 0.3 is 12.7 Å². The van der Waals surface area contributed by atoms with Crippen LogP contribution < -0.4 is 23.9 Å². The number of aliphatic hydroxyl groups is 1. The first-order valence-corrected chi connectivity index (χ1v) is 15.3. The zero-order valence-electron chi connectivity index (χ0n) is 22.8. The van der Waals surface area contributed by atoms with Gasteiger partial charge in [-0.3, -0.25) is 9.09 Å². The van der Waals surface area contributed by atoms with E-state index in [-0.39, 0.29) is 40.1 Å². The first kappa shape index (κ1) is 31.6. The zero-order chi connectivity index (χ0) is 31.7. The summed E-state index contributed by atoms with van der Waals surface area (Å²) in [6.45, 7) is -6.20. The van der Waals surface area contributed by atoms with Crippen LogP contribution in [0.4, 0.5) is 23.4 Å². The number of fused-ring (bicyclic) bond motifs is 1. The van der Waals surface area contributed by atoms with E-state index in [0.29, 0.717) is 16.1 Å². The maximum absolute atomic E-state index is 15.5. The Morgan fingerprint density at radius 2 is 1.61 bits per heavy atom. The number of aliphatic hydroxyl groups excluding tert-OH is 1. The number of methoxy groups -OCH3 is 2. The van der Waals surface area contributed by atoms with Gasteiger partial charge in [0.1, 0.15) is 34.8 Å². The topological polar surface area (TPSA) is 162 Å². The van der Waals surface area contributed by atoms with Crippen molar-refractivity contribution in [2.45, 2.75) is 30.3 Å². The van der Waals surface area contributed by atoms with Crippen LogP contribution in [0.2, 0.25) is 0 Å². The lowest BCUT2D eigenvalue weighted by Gasteiger charge is -2.31. The Kier molecular flexibility index (Phi) is 8.82. The molecule has 1 unspecified atom stereocenters. The smallest absolute Gasteiger partial charge is 0.478 e. The Morgan fingerprint density at radius 1 is 1.02 bits per heavy atom. The van der Waals surface area contributed by atoms with Crippen LogP contribution in [0, 0.1) is 0 Å². The Balaban J connectivity index is 1.44. The third kappa shape index (κ3) is 5.95. The highest BCUT2D eigenvalue weighted by atomic mass is 32.7. The standard InChI is InChI=1S/C25H24F4N5O8PS/c1-37-14-3-7-16(8-4-14)41-43(36,44-42-17-9-5-15(38-2)6-10-17)39-11-24(22(26)27)21(35)25(28,29)23(40-24)34-13-33-18-19(30)31-12-32-20(18)34/h3-10,12-13,21-23,35H,11H2,1-2H3,(H2,30,31,32)/t21-,23-,24-,43?/m1/s1. The first-order chi connectivity index (χ1) is 20.9. The van der Waals surface area contributed by atoms with Gasteiger partial charge in [-0.15, -0.1) is 0 Å². The van der Waals surface area contributed by atoms with Crippen molar-refractivity contribution in [3.63, 3.8) is 0 Å². The first-order valence-electron chi connectivity index (χ1n) is 12.5. The van der Waals surface area contributed by atoms with Crippen LogP contribution in [0.15, 0.2) is 61.2 Å². The molecule has 1 saturated heterocycles. The SMILES string of the molecule is COc1ccc(OSP(=O)(OC[C@@]2(C(F)F)O[C@@H](n3cnc4c(N)ncnc43)C(F)(F)[C@@H]2O)Oc2ccc(OC)cc2)cc1. The van der Waals surface area contributed by atoms with Crippen molar-refractivity contribution < 1.29 is 54.7 Å². The van der Waals surface area contributed by atoms with Gasteiger partial charge < -0.3 is 33.8 Å². The molecule has 2 aromatic carbocycles. The molecule has 236 valence electrons. The second-order valence-electron chi connectivity index (χ2n) is 9.21. The van der Waals surface area contributed by atoms with E-state index in [4.69, 9.17) is 33.2 Å². The molecular weight excluding hydrogens is 637 g/mol. The molecule has 0 radical (unpaired) electrons. The van der Waals surface area contributed by atoms with Crippen molar-refractivity contribution in [2.24, 2.45) is 0 Å². The van der Waals surface area contributed by atoms with Crippen LogP contribution in [0.25, 0.3) is 11.2 Å². The third-order valence-corrected chi connectivity index (χ3v) is 9.15. The fraction of sp³-hybridized carbons (Fsp3) is 0.320. The number of hydrogen-bond acceptors (Lipinski definition) is 13. The van der Waals surface area contributed by atoms with Crippen molar-refractivity contribution in [1.29, 1.82) is 0 Å². The number of hydrogen-bond donors (Lipinski definition) is 2. The number of ether oxygens (including phenoxy) is 3. The second kappa shape index (κ2) is 12.3. The quantitative estimate of drug-likeness (QED) is 0.120. The summed E-state index contributed by atoms with van der Waals surface area (Å²) in [5.74, 6) is -3.53. The number of alkyl halides is 4. The molecule has 0 spiro atoms. The Bertz CT molecular complexity index is 1650. The lowest BCUT2D eigenvalue weighted by molar-refractivity contribution is -0.191.